The van der Waals surface area contributed by atoms with Crippen LogP contribution >= 0.6 is 11.8 Å². The molecule has 42 heavy (non-hydrogen) atoms. The van der Waals surface area contributed by atoms with Crippen LogP contribution in [0.4, 0.5) is 5.69 Å². The van der Waals surface area contributed by atoms with Crippen LogP contribution in [0.25, 0.3) is 0 Å². The maximum atomic E-state index is 13.7. The molecule has 7 nitrogen and oxygen atoms in total. The highest BCUT2D eigenvalue weighted by Crippen LogP contribution is 2.39. The van der Waals surface area contributed by atoms with Crippen LogP contribution in [0.3, 0.4) is 0 Å². The Bertz CT molecular complexity index is 1220. The van der Waals surface area contributed by atoms with E-state index in [4.69, 9.17) is 0 Å². The van der Waals surface area contributed by atoms with Gasteiger partial charge in [0.25, 0.3) is 5.91 Å². The zero-order valence-electron chi connectivity index (χ0n) is 25.4. The second-order valence-electron chi connectivity index (χ2n) is 13.4. The van der Waals surface area contributed by atoms with Gasteiger partial charge in [0.1, 0.15) is 0 Å². The molecule has 2 fully saturated rings. The number of likely N-dealkylation sites (tertiary alicyclic amines) is 1. The van der Waals surface area contributed by atoms with Crippen molar-refractivity contribution in [2.75, 3.05) is 30.7 Å². The van der Waals surface area contributed by atoms with Crippen molar-refractivity contribution >= 4 is 29.3 Å². The summed E-state index contributed by atoms with van der Waals surface area (Å²) in [6, 6.07) is 15.2. The Morgan fingerprint density at radius 3 is 2.57 bits per heavy atom. The third kappa shape index (κ3) is 7.88. The van der Waals surface area contributed by atoms with Crippen molar-refractivity contribution in [3.63, 3.8) is 0 Å². The summed E-state index contributed by atoms with van der Waals surface area (Å²) in [6.07, 6.45) is 6.69. The number of amides is 2. The molecule has 0 bridgehead atoms. The molecule has 1 aliphatic carbocycles. The minimum absolute atomic E-state index is 0.0429. The molecule has 3 aliphatic rings. The van der Waals surface area contributed by atoms with E-state index >= 15 is 0 Å². The summed E-state index contributed by atoms with van der Waals surface area (Å²) in [7, 11) is 0. The van der Waals surface area contributed by atoms with Crippen LogP contribution in [-0.2, 0) is 11.2 Å². The standard InChI is InChI=1S/C34H48N4O3S/c1-34(2,3)37-33(41)30-19-23-11-7-8-12-24(23)20-38(30)21-31(39)29(22-42-25-13-5-4-6-14-25)36-32(40)27-15-9-17-28-26(27)16-10-18-35-28/h4-6,9,13-15,17,23-24,29-31,35,39H,7-8,10-12,16,18-22H2,1-3H3,(H,36,40)(H,37,41)/t23-,24+,29-,30?,31+/m0/s1. The Hall–Kier alpha value is -2.55. The molecular weight excluding hydrogens is 544 g/mol. The fourth-order valence-electron chi connectivity index (χ4n) is 6.92. The molecule has 0 spiro atoms. The van der Waals surface area contributed by atoms with E-state index in [9.17, 15) is 14.7 Å². The number of aliphatic hydroxyl groups is 1. The van der Waals surface area contributed by atoms with Crippen molar-refractivity contribution < 1.29 is 14.7 Å². The Kier molecular flexibility index (Phi) is 10.2. The molecule has 0 radical (unpaired) electrons. The lowest BCUT2D eigenvalue weighted by Gasteiger charge is -2.47. The Morgan fingerprint density at radius 1 is 1.05 bits per heavy atom. The lowest BCUT2D eigenvalue weighted by atomic mass is 9.72. The molecule has 2 heterocycles. The number of thioether (sulfide) groups is 1. The van der Waals surface area contributed by atoms with Gasteiger partial charge in [0.2, 0.25) is 5.91 Å². The number of aliphatic hydroxyl groups excluding tert-OH is 1. The number of hydrogen-bond acceptors (Lipinski definition) is 6. The predicted molar refractivity (Wildman–Crippen MR) is 171 cm³/mol. The van der Waals surface area contributed by atoms with Gasteiger partial charge in [-0.05, 0) is 88.1 Å². The van der Waals surface area contributed by atoms with Crippen molar-refractivity contribution in [3.8, 4) is 0 Å². The molecule has 2 amide bonds. The fourth-order valence-corrected chi connectivity index (χ4v) is 7.94. The summed E-state index contributed by atoms with van der Waals surface area (Å²) in [4.78, 5) is 30.6. The normalized spacial score (nSPS) is 24.0. The van der Waals surface area contributed by atoms with Gasteiger partial charge in [-0.15, -0.1) is 11.8 Å². The van der Waals surface area contributed by atoms with E-state index in [1.54, 1.807) is 11.8 Å². The number of carbonyl (C=O) groups excluding carboxylic acids is 2. The molecule has 1 saturated carbocycles. The molecule has 2 aromatic carbocycles. The summed E-state index contributed by atoms with van der Waals surface area (Å²) >= 11 is 1.63. The van der Waals surface area contributed by atoms with Gasteiger partial charge in [-0.25, -0.2) is 0 Å². The molecule has 1 saturated heterocycles. The highest BCUT2D eigenvalue weighted by molar-refractivity contribution is 7.99. The Balaban J connectivity index is 1.35. The topological polar surface area (TPSA) is 93.7 Å². The molecule has 2 aromatic rings. The van der Waals surface area contributed by atoms with Crippen LogP contribution in [0.1, 0.15) is 75.2 Å². The van der Waals surface area contributed by atoms with Crippen LogP contribution < -0.4 is 16.0 Å². The largest absolute Gasteiger partial charge is 0.390 e. The second kappa shape index (κ2) is 13.8. The zero-order valence-corrected chi connectivity index (χ0v) is 26.2. The first-order valence-corrected chi connectivity index (χ1v) is 16.7. The Morgan fingerprint density at radius 2 is 1.81 bits per heavy atom. The number of anilines is 1. The first-order chi connectivity index (χ1) is 20.2. The van der Waals surface area contributed by atoms with E-state index in [1.165, 1.54) is 25.7 Å². The molecule has 228 valence electrons. The van der Waals surface area contributed by atoms with E-state index in [0.29, 0.717) is 29.7 Å². The second-order valence-corrected chi connectivity index (χ2v) is 14.5. The monoisotopic (exact) mass is 592 g/mol. The number of nitrogens with one attached hydrogen (secondary N) is 3. The van der Waals surface area contributed by atoms with Crippen LogP contribution in [0.15, 0.2) is 53.4 Å². The van der Waals surface area contributed by atoms with Crippen LogP contribution in [0, 0.1) is 11.8 Å². The lowest BCUT2D eigenvalue weighted by molar-refractivity contribution is -0.132. The van der Waals surface area contributed by atoms with Crippen molar-refractivity contribution in [2.45, 2.75) is 94.3 Å². The minimum Gasteiger partial charge on any atom is -0.390 e. The number of nitrogens with zero attached hydrogens (tertiary/aromatic N) is 1. The van der Waals surface area contributed by atoms with Crippen molar-refractivity contribution in [2.24, 2.45) is 11.8 Å². The quantitative estimate of drug-likeness (QED) is 0.303. The number of carbonyl (C=O) groups is 2. The molecule has 1 unspecified atom stereocenters. The SMILES string of the molecule is CC(C)(C)NC(=O)C1C[C@@H]2CCCC[C@@H]2CN1C[C@@H](O)[C@H](CSc1ccccc1)NC(=O)c1cccc2c1CCCN2. The fraction of sp³-hybridized carbons (Fsp3) is 0.588. The summed E-state index contributed by atoms with van der Waals surface area (Å²) in [5, 5.41) is 21.6. The highest BCUT2D eigenvalue weighted by Gasteiger charge is 2.41. The van der Waals surface area contributed by atoms with E-state index in [0.717, 1.165) is 48.5 Å². The first kappa shape index (κ1) is 30.9. The maximum Gasteiger partial charge on any atom is 0.251 e. The van der Waals surface area contributed by atoms with Gasteiger partial charge in [0.15, 0.2) is 0 Å². The van der Waals surface area contributed by atoms with Crippen molar-refractivity contribution in [1.29, 1.82) is 0 Å². The zero-order chi connectivity index (χ0) is 29.7. The van der Waals surface area contributed by atoms with E-state index in [1.807, 2.05) is 57.2 Å². The van der Waals surface area contributed by atoms with Gasteiger partial charge in [-0.3, -0.25) is 14.5 Å². The summed E-state index contributed by atoms with van der Waals surface area (Å²) in [6.45, 7) is 8.12. The predicted octanol–water partition coefficient (Wildman–Crippen LogP) is 5.09. The average molecular weight is 593 g/mol. The minimum atomic E-state index is -0.826. The van der Waals surface area contributed by atoms with Gasteiger partial charge >= 0.3 is 0 Å². The molecule has 5 atom stereocenters. The highest BCUT2D eigenvalue weighted by atomic mass is 32.2. The number of hydrogen-bond donors (Lipinski definition) is 4. The van der Waals surface area contributed by atoms with Gasteiger partial charge in [0, 0.05) is 47.1 Å². The summed E-state index contributed by atoms with van der Waals surface area (Å²) in [5.41, 5.74) is 2.42. The third-order valence-electron chi connectivity index (χ3n) is 9.02. The van der Waals surface area contributed by atoms with Crippen molar-refractivity contribution in [3.05, 3.63) is 59.7 Å². The third-order valence-corrected chi connectivity index (χ3v) is 10.1. The summed E-state index contributed by atoms with van der Waals surface area (Å²) < 4.78 is 0. The number of benzene rings is 2. The number of fused-ring (bicyclic) bond motifs is 2. The van der Waals surface area contributed by atoms with Gasteiger partial charge in [-0.1, -0.05) is 43.5 Å². The smallest absolute Gasteiger partial charge is 0.251 e. The molecule has 4 N–H and O–H groups in total. The molecule has 2 aliphatic heterocycles. The van der Waals surface area contributed by atoms with E-state index < -0.39 is 12.1 Å². The number of rotatable bonds is 9. The molecular formula is C34H48N4O3S. The van der Waals surface area contributed by atoms with Gasteiger partial charge < -0.3 is 21.1 Å². The first-order valence-electron chi connectivity index (χ1n) is 15.8. The molecule has 0 aromatic heterocycles. The maximum absolute atomic E-state index is 13.7. The average Bonchev–Trinajstić information content (AvgIpc) is 2.98. The van der Waals surface area contributed by atoms with Crippen LogP contribution in [-0.4, -0.2) is 70.9 Å². The van der Waals surface area contributed by atoms with Gasteiger partial charge in [0.05, 0.1) is 18.2 Å². The lowest BCUT2D eigenvalue weighted by Crippen LogP contribution is -2.60. The molecule has 8 heteroatoms. The van der Waals surface area contributed by atoms with E-state index in [2.05, 4.69) is 33.0 Å². The molecule has 5 rings (SSSR count). The van der Waals surface area contributed by atoms with Crippen LogP contribution in [0.2, 0.25) is 0 Å². The number of piperidine rings is 1. The number of β-amino-alcohol motifs (C(OH)–C–C–N with tert-alkyl or cyclic N) is 1. The van der Waals surface area contributed by atoms with E-state index in [-0.39, 0.29) is 23.4 Å². The Labute approximate surface area is 255 Å². The summed E-state index contributed by atoms with van der Waals surface area (Å²) in [5.74, 6) is 1.54. The van der Waals surface area contributed by atoms with Crippen LogP contribution in [0.5, 0.6) is 0 Å². The van der Waals surface area contributed by atoms with Crippen molar-refractivity contribution in [1.82, 2.24) is 15.5 Å². The van der Waals surface area contributed by atoms with Gasteiger partial charge in [-0.2, -0.15) is 0 Å².